The maximum Gasteiger partial charge on any atom is 2.00 e. The molecule has 0 aromatic heterocycles. The van der Waals surface area contributed by atoms with Crippen LogP contribution in [0.15, 0.2) is 30.3 Å². The van der Waals surface area contributed by atoms with E-state index in [9.17, 15) is 0 Å². The van der Waals surface area contributed by atoms with Gasteiger partial charge in [0.25, 0.3) is 0 Å². The smallest absolute Gasteiger partial charge is 1.00 e. The Morgan fingerprint density at radius 2 is 1.45 bits per heavy atom. The van der Waals surface area contributed by atoms with Gasteiger partial charge in [-0.1, -0.05) is 18.2 Å². The van der Waals surface area contributed by atoms with Crippen LogP contribution < -0.4 is 14.1 Å². The van der Waals surface area contributed by atoms with Gasteiger partial charge in [-0.2, -0.15) is 0 Å². The van der Waals surface area contributed by atoms with Gasteiger partial charge in [0.1, 0.15) is 5.75 Å². The molecule has 1 nitrogen and oxygen atoms in total. The Balaban J connectivity index is -0.000000213. The van der Waals surface area contributed by atoms with Gasteiger partial charge in [-0.05, 0) is 12.1 Å². The van der Waals surface area contributed by atoms with Crippen LogP contribution in [0.25, 0.3) is 0 Å². The van der Waals surface area contributed by atoms with E-state index in [1.807, 2.05) is 30.3 Å². The van der Waals surface area contributed by atoms with Gasteiger partial charge in [0.2, 0.25) is 0 Å². The van der Waals surface area contributed by atoms with Gasteiger partial charge in [0.05, 0.1) is 7.11 Å². The van der Waals surface area contributed by atoms with E-state index in [1.165, 1.54) is 0 Å². The normalized spacial score (nSPS) is 6.27. The quantitative estimate of drug-likeness (QED) is 0.456. The molecule has 0 aliphatic rings. The van der Waals surface area contributed by atoms with Crippen LogP contribution in [-0.4, -0.2) is 7.11 Å². The van der Waals surface area contributed by atoms with Gasteiger partial charge in [-0.15, -0.1) is 0 Å². The van der Waals surface area contributed by atoms with E-state index in [0.29, 0.717) is 0 Å². The fourth-order valence-corrected chi connectivity index (χ4v) is 0.557. The molecule has 64 valence electrons. The van der Waals surface area contributed by atoms with E-state index in [0.717, 1.165) is 5.75 Å². The Labute approximate surface area is 77.3 Å². The number of para-hydroxylation sites is 1. The SMILES string of the molecule is COc1ccccc1.[F-].[F-].[Ru+2]. The summed E-state index contributed by atoms with van der Waals surface area (Å²) in [5, 5.41) is 0. The molecule has 0 saturated heterocycles. The van der Waals surface area contributed by atoms with Crippen molar-refractivity contribution in [3.05, 3.63) is 30.3 Å². The van der Waals surface area contributed by atoms with Crippen LogP contribution in [-0.2, 0) is 19.5 Å². The molecule has 0 saturated carbocycles. The van der Waals surface area contributed by atoms with Crippen LogP contribution >= 0.6 is 0 Å². The summed E-state index contributed by atoms with van der Waals surface area (Å²) in [6.45, 7) is 0. The minimum Gasteiger partial charge on any atom is -1.00 e. The Morgan fingerprint density at radius 3 is 1.73 bits per heavy atom. The molecular weight excluding hydrogens is 239 g/mol. The molecule has 0 N–H and O–H groups in total. The summed E-state index contributed by atoms with van der Waals surface area (Å²) in [4.78, 5) is 0. The number of hydrogen-bond acceptors (Lipinski definition) is 1. The predicted molar refractivity (Wildman–Crippen MR) is 33.0 cm³/mol. The number of ether oxygens (including phenoxy) is 1. The average Bonchev–Trinajstić information content (AvgIpc) is 1.90. The largest absolute Gasteiger partial charge is 2.00 e. The van der Waals surface area contributed by atoms with Gasteiger partial charge >= 0.3 is 19.5 Å². The van der Waals surface area contributed by atoms with Crippen LogP contribution in [0.1, 0.15) is 0 Å². The summed E-state index contributed by atoms with van der Waals surface area (Å²) in [6.07, 6.45) is 0. The number of rotatable bonds is 1. The first kappa shape index (κ1) is 16.8. The summed E-state index contributed by atoms with van der Waals surface area (Å²) in [6, 6.07) is 9.68. The molecule has 0 spiro atoms. The molecule has 1 aromatic rings. The number of halogens is 2. The van der Waals surface area contributed by atoms with E-state index >= 15 is 0 Å². The molecule has 0 aliphatic carbocycles. The summed E-state index contributed by atoms with van der Waals surface area (Å²) < 4.78 is 4.91. The molecule has 0 amide bonds. The molecule has 0 fully saturated rings. The van der Waals surface area contributed by atoms with Crippen molar-refractivity contribution in [2.75, 3.05) is 7.11 Å². The number of benzene rings is 1. The van der Waals surface area contributed by atoms with E-state index in [4.69, 9.17) is 4.74 Å². The molecule has 1 rings (SSSR count). The van der Waals surface area contributed by atoms with Crippen molar-refractivity contribution in [3.8, 4) is 5.75 Å². The Hall–Kier alpha value is -0.497. The monoisotopic (exact) mass is 248 g/mol. The third kappa shape index (κ3) is 5.92. The Morgan fingerprint density at radius 1 is 1.00 bits per heavy atom. The van der Waals surface area contributed by atoms with Crippen molar-refractivity contribution >= 4 is 0 Å². The average molecular weight is 247 g/mol. The molecule has 11 heavy (non-hydrogen) atoms. The molecule has 0 radical (unpaired) electrons. The van der Waals surface area contributed by atoms with Gasteiger partial charge in [0, 0.05) is 0 Å². The maximum absolute atomic E-state index is 4.91. The molecule has 4 heteroatoms. The molecular formula is C7H8F2ORu. The minimum absolute atomic E-state index is 0. The van der Waals surface area contributed by atoms with Crippen LogP contribution in [0, 0.1) is 0 Å². The molecule has 0 unspecified atom stereocenters. The summed E-state index contributed by atoms with van der Waals surface area (Å²) >= 11 is 0. The molecule has 0 atom stereocenters. The third-order valence-corrected chi connectivity index (χ3v) is 0.979. The van der Waals surface area contributed by atoms with Crippen molar-refractivity contribution in [1.29, 1.82) is 0 Å². The van der Waals surface area contributed by atoms with Gasteiger partial charge in [-0.3, -0.25) is 0 Å². The van der Waals surface area contributed by atoms with E-state index in [1.54, 1.807) is 7.11 Å². The van der Waals surface area contributed by atoms with Crippen LogP contribution in [0.3, 0.4) is 0 Å². The first-order chi connectivity index (χ1) is 3.93. The standard InChI is InChI=1S/C7H8O.2FH.Ru/c1-8-7-5-3-2-4-6-7;;;/h2-6H,1H3;2*1H;/q;;;+2/p-2. The molecule has 0 heterocycles. The maximum atomic E-state index is 4.91. The summed E-state index contributed by atoms with van der Waals surface area (Å²) in [5.41, 5.74) is 0. The zero-order chi connectivity index (χ0) is 5.82. The molecule has 0 aliphatic heterocycles. The number of hydrogen-bond donors (Lipinski definition) is 0. The zero-order valence-corrected chi connectivity index (χ0v) is 7.64. The van der Waals surface area contributed by atoms with E-state index in [-0.39, 0.29) is 28.9 Å². The first-order valence-electron chi connectivity index (χ1n) is 2.52. The van der Waals surface area contributed by atoms with Crippen LogP contribution in [0.4, 0.5) is 0 Å². The predicted octanol–water partition coefficient (Wildman–Crippen LogP) is -4.30. The second-order valence-corrected chi connectivity index (χ2v) is 1.52. The topological polar surface area (TPSA) is 9.23 Å². The second-order valence-electron chi connectivity index (χ2n) is 1.52. The second kappa shape index (κ2) is 9.50. The summed E-state index contributed by atoms with van der Waals surface area (Å²) in [7, 11) is 1.66. The van der Waals surface area contributed by atoms with Crippen molar-refractivity contribution in [2.45, 2.75) is 0 Å². The fraction of sp³-hybridized carbons (Fsp3) is 0.143. The summed E-state index contributed by atoms with van der Waals surface area (Å²) in [5.74, 6) is 0.910. The van der Waals surface area contributed by atoms with Crippen LogP contribution in [0.5, 0.6) is 5.75 Å². The van der Waals surface area contributed by atoms with Crippen molar-refractivity contribution in [3.63, 3.8) is 0 Å². The Kier molecular flexibility index (Phi) is 14.6. The van der Waals surface area contributed by atoms with Crippen molar-refractivity contribution in [1.82, 2.24) is 0 Å². The third-order valence-electron chi connectivity index (χ3n) is 0.979. The molecule has 0 bridgehead atoms. The zero-order valence-electron chi connectivity index (χ0n) is 5.90. The van der Waals surface area contributed by atoms with Gasteiger partial charge < -0.3 is 14.1 Å². The van der Waals surface area contributed by atoms with Crippen molar-refractivity contribution in [2.24, 2.45) is 0 Å². The Bertz CT molecular complexity index is 158. The first-order valence-corrected chi connectivity index (χ1v) is 2.52. The van der Waals surface area contributed by atoms with Crippen molar-refractivity contribution < 1.29 is 33.6 Å². The minimum atomic E-state index is 0. The van der Waals surface area contributed by atoms with E-state index in [2.05, 4.69) is 0 Å². The molecule has 1 aromatic carbocycles. The number of methoxy groups -OCH3 is 1. The van der Waals surface area contributed by atoms with Gasteiger partial charge in [0.15, 0.2) is 0 Å². The van der Waals surface area contributed by atoms with E-state index < -0.39 is 0 Å². The van der Waals surface area contributed by atoms with Gasteiger partial charge in [-0.25, -0.2) is 0 Å². The fourth-order valence-electron chi connectivity index (χ4n) is 0.557. The van der Waals surface area contributed by atoms with Crippen LogP contribution in [0.2, 0.25) is 0 Å².